The smallest absolute Gasteiger partial charge is 0.418 e. The van der Waals surface area contributed by atoms with Crippen LogP contribution in [0.1, 0.15) is 18.1 Å². The van der Waals surface area contributed by atoms with Gasteiger partial charge in [-0.2, -0.15) is 18.3 Å². The van der Waals surface area contributed by atoms with Crippen molar-refractivity contribution in [1.29, 1.82) is 0 Å². The lowest BCUT2D eigenvalue weighted by molar-refractivity contribution is -0.137. The third kappa shape index (κ3) is 3.75. The van der Waals surface area contributed by atoms with Gasteiger partial charge in [0.15, 0.2) is 5.69 Å². The highest BCUT2D eigenvalue weighted by Crippen LogP contribution is 2.40. The van der Waals surface area contributed by atoms with Gasteiger partial charge in [0.1, 0.15) is 0 Å². The van der Waals surface area contributed by atoms with E-state index in [0.29, 0.717) is 22.2 Å². The maximum absolute atomic E-state index is 13.2. The van der Waals surface area contributed by atoms with Gasteiger partial charge < -0.3 is 10.1 Å². The van der Waals surface area contributed by atoms with Crippen molar-refractivity contribution >= 4 is 45.0 Å². The van der Waals surface area contributed by atoms with Gasteiger partial charge in [0.05, 0.1) is 27.7 Å². The summed E-state index contributed by atoms with van der Waals surface area (Å²) >= 11 is 1.08. The number of hydrogen-bond donors (Lipinski definition) is 3. The maximum atomic E-state index is 13.2. The van der Waals surface area contributed by atoms with Gasteiger partial charge >= 0.3 is 6.18 Å². The Balaban J connectivity index is 1.76. The summed E-state index contributed by atoms with van der Waals surface area (Å²) in [5.74, 6) is -0.323. The van der Waals surface area contributed by atoms with Crippen molar-refractivity contribution in [2.75, 3.05) is 0 Å². The quantitative estimate of drug-likeness (QED) is 0.451. The highest BCUT2D eigenvalue weighted by molar-refractivity contribution is 8.14. The summed E-state index contributed by atoms with van der Waals surface area (Å²) in [7, 11) is 0. The highest BCUT2D eigenvalue weighted by Gasteiger charge is 2.33. The number of fused-ring (bicyclic) bond motifs is 1. The first kappa shape index (κ1) is 20.0. The number of halogens is 3. The number of aromatic nitrogens is 1. The van der Waals surface area contributed by atoms with Crippen LogP contribution in [0.5, 0.6) is 5.88 Å². The number of benzene rings is 2. The standard InChI is InChI=1S/C19H14F3N5O2S/c1-9-15(25-27-18(29)30-9)10-6-7-13-11(8-10)16(17(28)23-13)26-24-14-5-3-2-4-12(14)19(20,21)22/h2-9,23,28H,1H3,(H,27,29). The molecule has 4 rings (SSSR count). The second-order valence-electron chi connectivity index (χ2n) is 6.45. The zero-order chi connectivity index (χ0) is 21.5. The van der Waals surface area contributed by atoms with Gasteiger partial charge in [0.25, 0.3) is 5.24 Å². The van der Waals surface area contributed by atoms with Crippen LogP contribution in [0.3, 0.4) is 0 Å². The van der Waals surface area contributed by atoms with Crippen LogP contribution in [0.4, 0.5) is 29.3 Å². The number of azo groups is 1. The molecule has 0 bridgehead atoms. The van der Waals surface area contributed by atoms with Gasteiger partial charge in [-0.05, 0) is 36.8 Å². The zero-order valence-electron chi connectivity index (χ0n) is 15.4. The molecule has 11 heteroatoms. The van der Waals surface area contributed by atoms with Crippen molar-refractivity contribution in [3.05, 3.63) is 53.6 Å². The number of carbonyl (C=O) groups excluding carboxylic acids is 1. The molecule has 154 valence electrons. The number of hydrazone groups is 1. The summed E-state index contributed by atoms with van der Waals surface area (Å²) < 4.78 is 39.5. The molecule has 1 unspecified atom stereocenters. The van der Waals surface area contributed by atoms with E-state index in [-0.39, 0.29) is 27.7 Å². The number of alkyl halides is 3. The molecule has 2 heterocycles. The molecular formula is C19H14F3N5O2S. The fraction of sp³-hybridized carbons (Fsp3) is 0.158. The largest absolute Gasteiger partial charge is 0.493 e. The summed E-state index contributed by atoms with van der Waals surface area (Å²) in [5, 5.41) is 21.9. The second-order valence-corrected chi connectivity index (χ2v) is 7.77. The van der Waals surface area contributed by atoms with Crippen molar-refractivity contribution in [2.45, 2.75) is 18.3 Å². The molecule has 30 heavy (non-hydrogen) atoms. The topological polar surface area (TPSA) is 102 Å². The van der Waals surface area contributed by atoms with Crippen LogP contribution in [0.25, 0.3) is 10.9 Å². The molecule has 0 saturated heterocycles. The summed E-state index contributed by atoms with van der Waals surface area (Å²) in [6.07, 6.45) is -4.58. The van der Waals surface area contributed by atoms with Crippen LogP contribution in [0, 0.1) is 0 Å². The number of nitrogens with one attached hydrogen (secondary N) is 2. The summed E-state index contributed by atoms with van der Waals surface area (Å²) in [6, 6.07) is 9.92. The molecule has 1 aromatic heterocycles. The Morgan fingerprint density at radius 1 is 1.17 bits per heavy atom. The predicted octanol–water partition coefficient (Wildman–Crippen LogP) is 5.86. The molecule has 3 N–H and O–H groups in total. The first-order valence-corrected chi connectivity index (χ1v) is 9.59. The Hall–Kier alpha value is -3.34. The van der Waals surface area contributed by atoms with E-state index in [1.807, 2.05) is 6.92 Å². The highest BCUT2D eigenvalue weighted by atomic mass is 32.2. The summed E-state index contributed by atoms with van der Waals surface area (Å²) in [5.41, 5.74) is 2.94. The van der Waals surface area contributed by atoms with Crippen molar-refractivity contribution in [3.63, 3.8) is 0 Å². The van der Waals surface area contributed by atoms with Crippen LogP contribution in [-0.4, -0.2) is 26.3 Å². The molecule has 7 nitrogen and oxygen atoms in total. The molecule has 0 aliphatic carbocycles. The number of amides is 1. The molecule has 0 fully saturated rings. The number of aromatic amines is 1. The molecule has 1 atom stereocenters. The number of thioether (sulfide) groups is 1. The van der Waals surface area contributed by atoms with Crippen LogP contribution in [0.15, 0.2) is 57.8 Å². The Morgan fingerprint density at radius 3 is 2.67 bits per heavy atom. The molecule has 0 spiro atoms. The van der Waals surface area contributed by atoms with Crippen LogP contribution in [-0.2, 0) is 6.18 Å². The minimum atomic E-state index is -4.58. The second kappa shape index (κ2) is 7.48. The Labute approximate surface area is 172 Å². The molecule has 3 aromatic rings. The van der Waals surface area contributed by atoms with Crippen molar-refractivity contribution in [2.24, 2.45) is 15.3 Å². The number of carbonyl (C=O) groups is 1. The van der Waals surface area contributed by atoms with Crippen molar-refractivity contribution in [3.8, 4) is 5.88 Å². The van der Waals surface area contributed by atoms with E-state index in [9.17, 15) is 23.1 Å². The van der Waals surface area contributed by atoms with Gasteiger partial charge in [-0.15, -0.1) is 10.2 Å². The SMILES string of the molecule is CC1SC(=O)NN=C1c1ccc2[nH]c(O)c(N=Nc3ccccc3C(F)(F)F)c2c1. The Morgan fingerprint density at radius 2 is 1.93 bits per heavy atom. The van der Waals surface area contributed by atoms with Gasteiger partial charge in [-0.25, -0.2) is 5.43 Å². The Bertz CT molecular complexity index is 1200. The average molecular weight is 433 g/mol. The number of aromatic hydroxyl groups is 1. The van der Waals surface area contributed by atoms with E-state index < -0.39 is 11.7 Å². The summed E-state index contributed by atoms with van der Waals surface area (Å²) in [6.45, 7) is 1.83. The zero-order valence-corrected chi connectivity index (χ0v) is 16.2. The first-order valence-electron chi connectivity index (χ1n) is 8.71. The minimum Gasteiger partial charge on any atom is -0.493 e. The van der Waals surface area contributed by atoms with Gasteiger partial charge in [-0.3, -0.25) is 4.79 Å². The maximum Gasteiger partial charge on any atom is 0.418 e. The lowest BCUT2D eigenvalue weighted by Crippen LogP contribution is -2.29. The van der Waals surface area contributed by atoms with E-state index in [4.69, 9.17) is 0 Å². The minimum absolute atomic E-state index is 0.00424. The molecule has 0 saturated carbocycles. The number of nitrogens with zero attached hydrogens (tertiary/aromatic N) is 3. The normalized spacial score (nSPS) is 17.4. The van der Waals surface area contributed by atoms with E-state index in [1.165, 1.54) is 18.2 Å². The predicted molar refractivity (Wildman–Crippen MR) is 108 cm³/mol. The third-order valence-electron chi connectivity index (χ3n) is 4.45. The van der Waals surface area contributed by atoms with Gasteiger partial charge in [0.2, 0.25) is 5.88 Å². The first-order chi connectivity index (χ1) is 14.2. The van der Waals surface area contributed by atoms with Crippen LogP contribution >= 0.6 is 11.8 Å². The molecular weight excluding hydrogens is 419 g/mol. The number of hydrogen-bond acceptors (Lipinski definition) is 6. The van der Waals surface area contributed by atoms with E-state index in [1.54, 1.807) is 18.2 Å². The van der Waals surface area contributed by atoms with E-state index in [0.717, 1.165) is 17.8 Å². The average Bonchev–Trinajstić information content (AvgIpc) is 3.00. The molecule has 1 aliphatic heterocycles. The fourth-order valence-electron chi connectivity index (χ4n) is 3.07. The van der Waals surface area contributed by atoms with Crippen LogP contribution in [0.2, 0.25) is 0 Å². The van der Waals surface area contributed by atoms with E-state index in [2.05, 4.69) is 25.7 Å². The van der Waals surface area contributed by atoms with Gasteiger partial charge in [0, 0.05) is 5.39 Å². The monoisotopic (exact) mass is 433 g/mol. The lowest BCUT2D eigenvalue weighted by atomic mass is 10.1. The van der Waals surface area contributed by atoms with Crippen molar-refractivity contribution < 1.29 is 23.1 Å². The Kier molecular flexibility index (Phi) is 4.98. The number of H-pyrrole nitrogens is 1. The van der Waals surface area contributed by atoms with Crippen LogP contribution < -0.4 is 5.43 Å². The number of rotatable bonds is 3. The fourth-order valence-corrected chi connectivity index (χ4v) is 3.79. The molecule has 0 radical (unpaired) electrons. The van der Waals surface area contributed by atoms with E-state index >= 15 is 0 Å². The lowest BCUT2D eigenvalue weighted by Gasteiger charge is -2.18. The molecule has 1 amide bonds. The molecule has 2 aromatic carbocycles. The third-order valence-corrected chi connectivity index (χ3v) is 5.33. The van der Waals surface area contributed by atoms with Gasteiger partial charge in [-0.1, -0.05) is 30.0 Å². The molecule has 1 aliphatic rings. The summed E-state index contributed by atoms with van der Waals surface area (Å²) in [4.78, 5) is 14.2. The van der Waals surface area contributed by atoms with Crippen molar-refractivity contribution in [1.82, 2.24) is 10.4 Å².